The van der Waals surface area contributed by atoms with Crippen LogP contribution in [-0.4, -0.2) is 15.0 Å². The van der Waals surface area contributed by atoms with Gasteiger partial charge in [-0.15, -0.1) is 0 Å². The van der Waals surface area contributed by atoms with Gasteiger partial charge >= 0.3 is 0 Å². The first kappa shape index (κ1) is 7.32. The number of fused-ring (bicyclic) bond motifs is 3. The van der Waals surface area contributed by atoms with E-state index in [1.807, 2.05) is 18.2 Å². The number of anilines is 1. The Bertz CT molecular complexity index is 612. The number of benzene rings is 1. The second-order valence-corrected chi connectivity index (χ2v) is 3.18. The van der Waals surface area contributed by atoms with Crippen LogP contribution in [0.15, 0.2) is 30.7 Å². The van der Waals surface area contributed by atoms with Crippen LogP contribution >= 0.6 is 0 Å². The van der Waals surface area contributed by atoms with E-state index in [0.29, 0.717) is 0 Å². The molecule has 0 saturated carbocycles. The highest BCUT2D eigenvalue weighted by Crippen LogP contribution is 2.26. The molecule has 0 bridgehead atoms. The third kappa shape index (κ3) is 0.821. The number of nitrogens with one attached hydrogen (secondary N) is 1. The summed E-state index contributed by atoms with van der Waals surface area (Å²) < 4.78 is 0. The molecule has 0 spiro atoms. The molecule has 0 saturated heterocycles. The zero-order chi connectivity index (χ0) is 9.54. The van der Waals surface area contributed by atoms with Crippen LogP contribution < -0.4 is 5.73 Å². The fourth-order valence-corrected chi connectivity index (χ4v) is 1.68. The summed E-state index contributed by atoms with van der Waals surface area (Å²) in [4.78, 5) is 11.3. The highest BCUT2D eigenvalue weighted by Gasteiger charge is 2.05. The maximum atomic E-state index is 5.84. The summed E-state index contributed by atoms with van der Waals surface area (Å²) in [5.41, 5.74) is 8.34. The monoisotopic (exact) mass is 184 g/mol. The number of aromatic nitrogens is 3. The first-order valence-electron chi connectivity index (χ1n) is 4.32. The molecule has 1 aromatic carbocycles. The third-order valence-corrected chi connectivity index (χ3v) is 2.34. The molecule has 14 heavy (non-hydrogen) atoms. The van der Waals surface area contributed by atoms with Crippen molar-refractivity contribution in [3.05, 3.63) is 30.7 Å². The number of nitrogen functional groups attached to an aromatic ring is 1. The number of rotatable bonds is 0. The van der Waals surface area contributed by atoms with Crippen molar-refractivity contribution in [1.82, 2.24) is 15.0 Å². The molecule has 0 radical (unpaired) electrons. The van der Waals surface area contributed by atoms with Crippen LogP contribution in [0.5, 0.6) is 0 Å². The summed E-state index contributed by atoms with van der Waals surface area (Å²) >= 11 is 0. The molecule has 0 aliphatic rings. The summed E-state index contributed by atoms with van der Waals surface area (Å²) in [6.07, 6.45) is 3.31. The lowest BCUT2D eigenvalue weighted by molar-refractivity contribution is 1.21. The van der Waals surface area contributed by atoms with Gasteiger partial charge in [-0.05, 0) is 6.07 Å². The summed E-state index contributed by atoms with van der Waals surface area (Å²) in [7, 11) is 0. The van der Waals surface area contributed by atoms with Crippen LogP contribution in [0.4, 0.5) is 5.69 Å². The number of nitrogens with two attached hydrogens (primary N) is 1. The summed E-state index contributed by atoms with van der Waals surface area (Å²) in [5.74, 6) is 0. The van der Waals surface area contributed by atoms with Crippen molar-refractivity contribution < 1.29 is 0 Å². The van der Waals surface area contributed by atoms with Gasteiger partial charge in [-0.25, -0.2) is 9.97 Å². The molecule has 0 unspecified atom stereocenters. The SMILES string of the molecule is Nc1cccc2c1[nH]c1ncncc12. The number of hydrogen-bond donors (Lipinski definition) is 2. The Morgan fingerprint density at radius 1 is 1.21 bits per heavy atom. The number of aromatic amines is 1. The normalized spacial score (nSPS) is 11.1. The van der Waals surface area contributed by atoms with Gasteiger partial charge in [0.05, 0.1) is 11.2 Å². The van der Waals surface area contributed by atoms with Crippen LogP contribution in [0.3, 0.4) is 0 Å². The molecule has 0 aliphatic heterocycles. The first-order valence-corrected chi connectivity index (χ1v) is 4.32. The van der Waals surface area contributed by atoms with Gasteiger partial charge in [0.25, 0.3) is 0 Å². The summed E-state index contributed by atoms with van der Waals surface area (Å²) in [6, 6.07) is 5.80. The minimum absolute atomic E-state index is 0.737. The lowest BCUT2D eigenvalue weighted by Crippen LogP contribution is -1.84. The first-order chi connectivity index (χ1) is 6.86. The number of para-hydroxylation sites is 1. The number of hydrogen-bond acceptors (Lipinski definition) is 3. The zero-order valence-corrected chi connectivity index (χ0v) is 7.36. The van der Waals surface area contributed by atoms with Crippen molar-refractivity contribution in [3.8, 4) is 0 Å². The van der Waals surface area contributed by atoms with Gasteiger partial charge in [-0.2, -0.15) is 0 Å². The highest BCUT2D eigenvalue weighted by atomic mass is 14.9. The van der Waals surface area contributed by atoms with E-state index in [4.69, 9.17) is 5.73 Å². The van der Waals surface area contributed by atoms with Crippen LogP contribution in [0.2, 0.25) is 0 Å². The van der Waals surface area contributed by atoms with E-state index in [2.05, 4.69) is 15.0 Å². The van der Waals surface area contributed by atoms with E-state index >= 15 is 0 Å². The highest BCUT2D eigenvalue weighted by molar-refractivity contribution is 6.09. The quantitative estimate of drug-likeness (QED) is 0.522. The van der Waals surface area contributed by atoms with E-state index in [1.54, 1.807) is 6.20 Å². The van der Waals surface area contributed by atoms with Crippen molar-refractivity contribution in [2.75, 3.05) is 5.73 Å². The van der Waals surface area contributed by atoms with Crippen molar-refractivity contribution in [1.29, 1.82) is 0 Å². The van der Waals surface area contributed by atoms with Crippen molar-refractivity contribution in [2.24, 2.45) is 0 Å². The van der Waals surface area contributed by atoms with Crippen LogP contribution in [0.25, 0.3) is 21.9 Å². The molecule has 2 heterocycles. The van der Waals surface area contributed by atoms with Gasteiger partial charge in [-0.3, -0.25) is 0 Å². The fraction of sp³-hybridized carbons (Fsp3) is 0. The molecular weight excluding hydrogens is 176 g/mol. The third-order valence-electron chi connectivity index (χ3n) is 2.34. The second-order valence-electron chi connectivity index (χ2n) is 3.18. The fourth-order valence-electron chi connectivity index (χ4n) is 1.68. The molecule has 4 heteroatoms. The Balaban J connectivity index is 2.63. The lowest BCUT2D eigenvalue weighted by atomic mass is 10.2. The number of H-pyrrole nitrogens is 1. The predicted octanol–water partition coefficient (Wildman–Crippen LogP) is 1.69. The molecule has 68 valence electrons. The van der Waals surface area contributed by atoms with Gasteiger partial charge in [0.2, 0.25) is 0 Å². The van der Waals surface area contributed by atoms with Gasteiger partial charge in [-0.1, -0.05) is 12.1 Å². The topological polar surface area (TPSA) is 67.6 Å². The smallest absolute Gasteiger partial charge is 0.141 e. The standard InChI is InChI=1S/C10H8N4/c11-8-3-1-2-6-7-4-12-5-13-10(7)14-9(6)8/h1-5H,11H2,(H,12,13,14). The molecule has 0 aliphatic carbocycles. The summed E-state index contributed by atoms with van der Waals surface area (Å²) in [6.45, 7) is 0. The van der Waals surface area contributed by atoms with Gasteiger partial charge in [0.1, 0.15) is 12.0 Å². The molecule has 2 aromatic heterocycles. The average molecular weight is 184 g/mol. The Morgan fingerprint density at radius 2 is 2.14 bits per heavy atom. The van der Waals surface area contributed by atoms with Gasteiger partial charge < -0.3 is 10.7 Å². The van der Waals surface area contributed by atoms with E-state index < -0.39 is 0 Å². The zero-order valence-electron chi connectivity index (χ0n) is 7.36. The van der Waals surface area contributed by atoms with E-state index in [1.165, 1.54) is 6.33 Å². The van der Waals surface area contributed by atoms with Gasteiger partial charge in [0.15, 0.2) is 0 Å². The maximum Gasteiger partial charge on any atom is 0.141 e. The van der Waals surface area contributed by atoms with Crippen LogP contribution in [-0.2, 0) is 0 Å². The Kier molecular flexibility index (Phi) is 1.28. The largest absolute Gasteiger partial charge is 0.397 e. The molecule has 0 amide bonds. The molecule has 3 aromatic rings. The van der Waals surface area contributed by atoms with Crippen molar-refractivity contribution in [2.45, 2.75) is 0 Å². The minimum Gasteiger partial charge on any atom is -0.397 e. The lowest BCUT2D eigenvalue weighted by Gasteiger charge is -1.93. The van der Waals surface area contributed by atoms with Crippen LogP contribution in [0.1, 0.15) is 0 Å². The molecule has 0 fully saturated rings. The average Bonchev–Trinajstić information content (AvgIpc) is 2.59. The van der Waals surface area contributed by atoms with Gasteiger partial charge in [0, 0.05) is 17.0 Å². The molecule has 0 atom stereocenters. The number of nitrogens with zero attached hydrogens (tertiary/aromatic N) is 2. The molecule has 3 rings (SSSR count). The Labute approximate surface area is 79.8 Å². The van der Waals surface area contributed by atoms with Crippen molar-refractivity contribution in [3.63, 3.8) is 0 Å². The van der Waals surface area contributed by atoms with E-state index in [-0.39, 0.29) is 0 Å². The Morgan fingerprint density at radius 3 is 3.07 bits per heavy atom. The maximum absolute atomic E-state index is 5.84. The van der Waals surface area contributed by atoms with E-state index in [0.717, 1.165) is 27.6 Å². The van der Waals surface area contributed by atoms with Crippen LogP contribution in [0, 0.1) is 0 Å². The van der Waals surface area contributed by atoms with E-state index in [9.17, 15) is 0 Å². The Hall–Kier alpha value is -2.10. The molecule has 3 N–H and O–H groups in total. The second kappa shape index (κ2) is 2.45. The van der Waals surface area contributed by atoms with Crippen molar-refractivity contribution >= 4 is 27.6 Å². The minimum atomic E-state index is 0.737. The molecular formula is C10H8N4. The molecule has 4 nitrogen and oxygen atoms in total. The summed E-state index contributed by atoms with van der Waals surface area (Å²) in [5, 5.41) is 2.08. The predicted molar refractivity (Wildman–Crippen MR) is 55.8 cm³/mol.